The molecule has 1 aliphatic rings. The molecule has 0 nitrogen and oxygen atoms in total. The van der Waals surface area contributed by atoms with Gasteiger partial charge in [-0.2, -0.15) is 0 Å². The zero-order chi connectivity index (χ0) is 7.61. The molecule has 0 aliphatic carbocycles. The molecule has 1 aliphatic heterocycles. The third-order valence-electron chi connectivity index (χ3n) is 2.29. The summed E-state index contributed by atoms with van der Waals surface area (Å²) in [6, 6.07) is 0. The minimum absolute atomic E-state index is 0.413. The Morgan fingerprint density at radius 1 is 1.60 bits per heavy atom. The standard InChI is InChI=1S/C9H16Se/c1-4-9(2,3)8-6-5-7-10-8/h4,8H,1,5-7H2,2-3H3. The van der Waals surface area contributed by atoms with E-state index >= 15 is 0 Å². The van der Waals surface area contributed by atoms with Gasteiger partial charge < -0.3 is 0 Å². The van der Waals surface area contributed by atoms with Crippen molar-refractivity contribution in [2.75, 3.05) is 0 Å². The summed E-state index contributed by atoms with van der Waals surface area (Å²) in [5.74, 6) is 0. The van der Waals surface area contributed by atoms with Crippen LogP contribution >= 0.6 is 0 Å². The van der Waals surface area contributed by atoms with Gasteiger partial charge in [-0.1, -0.05) is 0 Å². The Labute approximate surface area is 70.2 Å². The first-order valence-electron chi connectivity index (χ1n) is 3.92. The van der Waals surface area contributed by atoms with Crippen LogP contribution in [0.2, 0.25) is 10.1 Å². The van der Waals surface area contributed by atoms with E-state index in [2.05, 4.69) is 26.5 Å². The second-order valence-electron chi connectivity index (χ2n) is 3.53. The van der Waals surface area contributed by atoms with Gasteiger partial charge in [0, 0.05) is 0 Å². The van der Waals surface area contributed by atoms with Crippen molar-refractivity contribution in [3.8, 4) is 0 Å². The Balaban J connectivity index is 2.53. The molecular weight excluding hydrogens is 187 g/mol. The fourth-order valence-corrected chi connectivity index (χ4v) is 4.39. The van der Waals surface area contributed by atoms with Crippen LogP contribution in [0.5, 0.6) is 0 Å². The van der Waals surface area contributed by atoms with Crippen LogP contribution in [0, 0.1) is 5.41 Å². The van der Waals surface area contributed by atoms with Gasteiger partial charge in [-0.25, -0.2) is 0 Å². The van der Waals surface area contributed by atoms with Crippen LogP contribution in [0.3, 0.4) is 0 Å². The molecule has 0 N–H and O–H groups in total. The summed E-state index contributed by atoms with van der Waals surface area (Å²) in [5.41, 5.74) is 0.413. The van der Waals surface area contributed by atoms with Crippen molar-refractivity contribution in [3.63, 3.8) is 0 Å². The molecule has 1 heteroatoms. The van der Waals surface area contributed by atoms with E-state index in [0.717, 1.165) is 19.8 Å². The van der Waals surface area contributed by atoms with E-state index in [9.17, 15) is 0 Å². The first kappa shape index (κ1) is 8.36. The van der Waals surface area contributed by atoms with Crippen LogP contribution < -0.4 is 0 Å². The van der Waals surface area contributed by atoms with Crippen LogP contribution in [0.1, 0.15) is 26.7 Å². The van der Waals surface area contributed by atoms with Crippen molar-refractivity contribution in [2.45, 2.75) is 36.8 Å². The predicted octanol–water partition coefficient (Wildman–Crippen LogP) is 2.90. The molecule has 0 amide bonds. The maximum absolute atomic E-state index is 3.89. The topological polar surface area (TPSA) is 0 Å². The summed E-state index contributed by atoms with van der Waals surface area (Å²) in [4.78, 5) is 0.970. The number of allylic oxidation sites excluding steroid dienone is 1. The molecule has 0 aromatic rings. The summed E-state index contributed by atoms with van der Waals surface area (Å²) < 4.78 is 0. The molecule has 58 valence electrons. The molecule has 1 atom stereocenters. The second kappa shape index (κ2) is 3.11. The first-order valence-corrected chi connectivity index (χ1v) is 6.12. The zero-order valence-electron chi connectivity index (χ0n) is 6.89. The zero-order valence-corrected chi connectivity index (χ0v) is 8.60. The molecule has 1 heterocycles. The van der Waals surface area contributed by atoms with E-state index in [1.54, 1.807) is 0 Å². The normalized spacial score (nSPS) is 26.8. The van der Waals surface area contributed by atoms with Gasteiger partial charge in [0.2, 0.25) is 0 Å². The van der Waals surface area contributed by atoms with Crippen LogP contribution in [-0.4, -0.2) is 15.0 Å². The van der Waals surface area contributed by atoms with Crippen LogP contribution in [0.15, 0.2) is 12.7 Å². The average Bonchev–Trinajstić information content (AvgIpc) is 2.38. The van der Waals surface area contributed by atoms with Gasteiger partial charge in [-0.15, -0.1) is 0 Å². The molecule has 0 radical (unpaired) electrons. The summed E-state index contributed by atoms with van der Waals surface area (Å²) in [7, 11) is 0. The van der Waals surface area contributed by atoms with Crippen molar-refractivity contribution in [2.24, 2.45) is 5.41 Å². The van der Waals surface area contributed by atoms with Gasteiger partial charge >= 0.3 is 69.9 Å². The van der Waals surface area contributed by atoms with Gasteiger partial charge in [0.25, 0.3) is 0 Å². The van der Waals surface area contributed by atoms with Gasteiger partial charge in [-0.05, 0) is 0 Å². The number of hydrogen-bond acceptors (Lipinski definition) is 0. The molecule has 1 saturated heterocycles. The van der Waals surface area contributed by atoms with Crippen molar-refractivity contribution in [1.29, 1.82) is 0 Å². The number of rotatable bonds is 2. The molecule has 1 unspecified atom stereocenters. The van der Waals surface area contributed by atoms with Crippen LogP contribution in [0.4, 0.5) is 0 Å². The van der Waals surface area contributed by atoms with E-state index in [-0.39, 0.29) is 0 Å². The minimum atomic E-state index is 0.413. The average molecular weight is 203 g/mol. The van der Waals surface area contributed by atoms with Crippen molar-refractivity contribution < 1.29 is 0 Å². The molecule has 0 aromatic carbocycles. The van der Waals surface area contributed by atoms with Crippen LogP contribution in [0.25, 0.3) is 0 Å². The molecule has 10 heavy (non-hydrogen) atoms. The Morgan fingerprint density at radius 3 is 2.70 bits per heavy atom. The van der Waals surface area contributed by atoms with E-state index in [1.165, 1.54) is 18.2 Å². The maximum atomic E-state index is 3.89. The van der Waals surface area contributed by atoms with E-state index in [0.29, 0.717) is 5.41 Å². The van der Waals surface area contributed by atoms with Gasteiger partial charge in [0.15, 0.2) is 0 Å². The van der Waals surface area contributed by atoms with Gasteiger partial charge in [-0.3, -0.25) is 0 Å². The Bertz CT molecular complexity index is 121. The van der Waals surface area contributed by atoms with Crippen LogP contribution in [-0.2, 0) is 0 Å². The van der Waals surface area contributed by atoms with Crippen molar-refractivity contribution in [1.82, 2.24) is 0 Å². The Hall–Kier alpha value is 0.259. The quantitative estimate of drug-likeness (QED) is 0.478. The SMILES string of the molecule is C=CC(C)(C)C1CCC[Se]1. The molecule has 0 aromatic heterocycles. The molecule has 0 saturated carbocycles. The van der Waals surface area contributed by atoms with Crippen molar-refractivity contribution in [3.05, 3.63) is 12.7 Å². The van der Waals surface area contributed by atoms with Gasteiger partial charge in [0.05, 0.1) is 0 Å². The molecule has 0 spiro atoms. The number of hydrogen-bond donors (Lipinski definition) is 0. The fraction of sp³-hybridized carbons (Fsp3) is 0.778. The summed E-state index contributed by atoms with van der Waals surface area (Å²) in [6.45, 7) is 8.52. The molecule has 1 fully saturated rings. The third kappa shape index (κ3) is 1.65. The third-order valence-corrected chi connectivity index (χ3v) is 6.00. The summed E-state index contributed by atoms with van der Waals surface area (Å²) in [6.07, 6.45) is 5.03. The van der Waals surface area contributed by atoms with E-state index < -0.39 is 0 Å². The summed E-state index contributed by atoms with van der Waals surface area (Å²) >= 11 is 0.900. The van der Waals surface area contributed by atoms with E-state index in [4.69, 9.17) is 0 Å². The Morgan fingerprint density at radius 2 is 2.30 bits per heavy atom. The van der Waals surface area contributed by atoms with E-state index in [1.807, 2.05) is 0 Å². The van der Waals surface area contributed by atoms with Gasteiger partial charge in [0.1, 0.15) is 0 Å². The molecule has 1 rings (SSSR count). The second-order valence-corrected chi connectivity index (χ2v) is 6.28. The molecular formula is C9H16Se. The van der Waals surface area contributed by atoms with Crippen molar-refractivity contribution >= 4 is 15.0 Å². The molecule has 0 bridgehead atoms. The fourth-order valence-electron chi connectivity index (χ4n) is 1.30. The predicted molar refractivity (Wildman–Crippen MR) is 47.5 cm³/mol. The summed E-state index contributed by atoms with van der Waals surface area (Å²) in [5, 5.41) is 1.49. The monoisotopic (exact) mass is 204 g/mol. The first-order chi connectivity index (χ1) is 4.67. The Kier molecular flexibility index (Phi) is 2.60.